The Labute approximate surface area is 132 Å². The van der Waals surface area contributed by atoms with E-state index < -0.39 is 0 Å². The van der Waals surface area contributed by atoms with Gasteiger partial charge in [-0.3, -0.25) is 0 Å². The molecule has 0 bridgehead atoms. The monoisotopic (exact) mass is 382 g/mol. The van der Waals surface area contributed by atoms with Gasteiger partial charge in [0, 0.05) is 9.65 Å². The zero-order valence-electron chi connectivity index (χ0n) is 12.4. The first-order valence-corrected chi connectivity index (χ1v) is 9.79. The molecule has 0 spiro atoms. The van der Waals surface area contributed by atoms with Gasteiger partial charge in [-0.1, -0.05) is 116 Å². The number of halogens is 2. The van der Waals surface area contributed by atoms with Crippen molar-refractivity contribution in [2.24, 2.45) is 0 Å². The van der Waals surface area contributed by atoms with Gasteiger partial charge in [-0.25, -0.2) is 0 Å². The van der Waals surface area contributed by atoms with Gasteiger partial charge in [0.05, 0.1) is 0 Å². The molecule has 0 fully saturated rings. The maximum absolute atomic E-state index is 3.72. The molecule has 2 atom stereocenters. The number of hydrogen-bond acceptors (Lipinski definition) is 0. The quantitative estimate of drug-likeness (QED) is 0.232. The molecule has 0 saturated carbocycles. The molecule has 0 aliphatic heterocycles. The van der Waals surface area contributed by atoms with E-state index >= 15 is 0 Å². The third-order valence-corrected chi connectivity index (χ3v) is 6.18. The lowest BCUT2D eigenvalue weighted by Gasteiger charge is -2.11. The van der Waals surface area contributed by atoms with Crippen molar-refractivity contribution in [2.75, 3.05) is 0 Å². The fraction of sp³-hybridized carbons (Fsp3) is 1.00. The van der Waals surface area contributed by atoms with Crippen molar-refractivity contribution in [1.29, 1.82) is 0 Å². The van der Waals surface area contributed by atoms with Crippen molar-refractivity contribution in [1.82, 2.24) is 0 Å². The van der Waals surface area contributed by atoms with Gasteiger partial charge in [-0.2, -0.15) is 0 Å². The van der Waals surface area contributed by atoms with E-state index in [-0.39, 0.29) is 0 Å². The van der Waals surface area contributed by atoms with E-state index in [1.165, 1.54) is 77.0 Å². The molecule has 2 unspecified atom stereocenters. The topological polar surface area (TPSA) is 0 Å². The van der Waals surface area contributed by atoms with Gasteiger partial charge in [0.2, 0.25) is 0 Å². The Bertz CT molecular complexity index is 157. The lowest BCUT2D eigenvalue weighted by Crippen LogP contribution is -2.08. The van der Waals surface area contributed by atoms with Crippen LogP contribution in [0.1, 0.15) is 90.9 Å². The minimum Gasteiger partial charge on any atom is -0.0882 e. The summed E-state index contributed by atoms with van der Waals surface area (Å²) in [6, 6.07) is 0. The predicted molar refractivity (Wildman–Crippen MR) is 92.2 cm³/mol. The van der Waals surface area contributed by atoms with Crippen LogP contribution < -0.4 is 0 Å². The second-order valence-corrected chi connectivity index (χ2v) is 8.14. The zero-order chi connectivity index (χ0) is 13.6. The molecule has 2 heteroatoms. The Hall–Kier alpha value is 0.960. The molecule has 0 amide bonds. The van der Waals surface area contributed by atoms with Crippen LogP contribution >= 0.6 is 31.9 Å². The summed E-state index contributed by atoms with van der Waals surface area (Å²) >= 11 is 7.34. The summed E-state index contributed by atoms with van der Waals surface area (Å²) in [4.78, 5) is 1.25. The first-order chi connectivity index (χ1) is 8.68. The highest BCUT2D eigenvalue weighted by Crippen LogP contribution is 2.20. The van der Waals surface area contributed by atoms with Crippen molar-refractivity contribution < 1.29 is 0 Å². The van der Waals surface area contributed by atoms with Crippen molar-refractivity contribution in [3.8, 4) is 0 Å². The Kier molecular flexibility index (Phi) is 15.1. The van der Waals surface area contributed by atoms with Gasteiger partial charge in [-0.05, 0) is 6.42 Å². The Morgan fingerprint density at radius 1 is 0.667 bits per heavy atom. The first kappa shape index (κ1) is 19.0. The summed E-state index contributed by atoms with van der Waals surface area (Å²) < 4.78 is 0. The molecule has 0 aromatic rings. The minimum atomic E-state index is 0.598. The molecule has 18 heavy (non-hydrogen) atoms. The molecule has 0 aliphatic rings. The third kappa shape index (κ3) is 13.4. The highest BCUT2D eigenvalue weighted by atomic mass is 79.9. The normalized spacial score (nSPS) is 14.7. The van der Waals surface area contributed by atoms with Gasteiger partial charge < -0.3 is 0 Å². The van der Waals surface area contributed by atoms with E-state index in [1.807, 2.05) is 0 Å². The highest BCUT2D eigenvalue weighted by Gasteiger charge is 2.09. The maximum atomic E-state index is 3.72. The van der Waals surface area contributed by atoms with E-state index in [0.717, 1.165) is 0 Å². The smallest absolute Gasteiger partial charge is 0.0268 e. The Morgan fingerprint density at radius 2 is 1.06 bits per heavy atom. The largest absolute Gasteiger partial charge is 0.0882 e. The van der Waals surface area contributed by atoms with Gasteiger partial charge in [-0.15, -0.1) is 0 Å². The van der Waals surface area contributed by atoms with Crippen LogP contribution in [0, 0.1) is 0 Å². The van der Waals surface area contributed by atoms with Crippen molar-refractivity contribution >= 4 is 31.9 Å². The van der Waals surface area contributed by atoms with Crippen LogP contribution in [0.4, 0.5) is 0 Å². The van der Waals surface area contributed by atoms with E-state index in [0.29, 0.717) is 9.65 Å². The van der Waals surface area contributed by atoms with Gasteiger partial charge in [0.25, 0.3) is 0 Å². The molecule has 0 nitrogen and oxygen atoms in total. The van der Waals surface area contributed by atoms with Gasteiger partial charge in [0.15, 0.2) is 0 Å². The molecule has 0 aliphatic carbocycles. The van der Waals surface area contributed by atoms with Crippen LogP contribution in [0.3, 0.4) is 0 Å². The molecular formula is C16H32Br2. The van der Waals surface area contributed by atoms with Crippen LogP contribution in [-0.4, -0.2) is 9.65 Å². The first-order valence-electron chi connectivity index (χ1n) is 7.96. The zero-order valence-corrected chi connectivity index (χ0v) is 15.6. The number of hydrogen-bond donors (Lipinski definition) is 0. The second kappa shape index (κ2) is 14.4. The van der Waals surface area contributed by atoms with Crippen LogP contribution in [0.5, 0.6) is 0 Å². The number of alkyl halides is 2. The number of rotatable bonds is 13. The van der Waals surface area contributed by atoms with Crippen molar-refractivity contribution in [3.05, 3.63) is 0 Å². The maximum Gasteiger partial charge on any atom is 0.0268 e. The minimum absolute atomic E-state index is 0.598. The third-order valence-electron chi connectivity index (χ3n) is 3.58. The Morgan fingerprint density at radius 3 is 1.44 bits per heavy atom. The highest BCUT2D eigenvalue weighted by molar-refractivity contribution is 9.12. The van der Waals surface area contributed by atoms with Crippen LogP contribution in [-0.2, 0) is 0 Å². The van der Waals surface area contributed by atoms with Crippen molar-refractivity contribution in [2.45, 2.75) is 101 Å². The molecule has 0 radical (unpaired) electrons. The van der Waals surface area contributed by atoms with Gasteiger partial charge in [0.1, 0.15) is 0 Å². The molecule has 0 saturated heterocycles. The fourth-order valence-electron chi connectivity index (χ4n) is 2.23. The van der Waals surface area contributed by atoms with Crippen LogP contribution in [0.15, 0.2) is 0 Å². The predicted octanol–water partition coefficient (Wildman–Crippen LogP) is 7.23. The molecule has 0 rings (SSSR count). The fourth-order valence-corrected chi connectivity index (χ4v) is 2.82. The summed E-state index contributed by atoms with van der Waals surface area (Å²) in [5, 5.41) is 0. The standard InChI is InChI=1S/C16H32Br2/c1-3-4-5-6-7-8-9-10-11-12-13-14-16(18)15(2)17/h15-16H,3-14H2,1-2H3. The van der Waals surface area contributed by atoms with E-state index in [9.17, 15) is 0 Å². The number of unbranched alkanes of at least 4 members (excludes halogenated alkanes) is 10. The van der Waals surface area contributed by atoms with E-state index in [4.69, 9.17) is 0 Å². The van der Waals surface area contributed by atoms with E-state index in [2.05, 4.69) is 45.7 Å². The van der Waals surface area contributed by atoms with Crippen LogP contribution in [0.2, 0.25) is 0 Å². The van der Waals surface area contributed by atoms with Crippen LogP contribution in [0.25, 0.3) is 0 Å². The summed E-state index contributed by atoms with van der Waals surface area (Å²) in [5.74, 6) is 0. The molecule has 0 aromatic carbocycles. The molecule has 110 valence electrons. The van der Waals surface area contributed by atoms with Crippen molar-refractivity contribution in [3.63, 3.8) is 0 Å². The summed E-state index contributed by atoms with van der Waals surface area (Å²) in [6.45, 7) is 4.51. The Balaban J connectivity index is 3.03. The SMILES string of the molecule is CCCCCCCCCCCCCC(Br)C(C)Br. The average Bonchev–Trinajstić information content (AvgIpc) is 2.35. The molecule has 0 aromatic heterocycles. The molecule has 0 heterocycles. The van der Waals surface area contributed by atoms with Gasteiger partial charge >= 0.3 is 0 Å². The molecule has 0 N–H and O–H groups in total. The second-order valence-electron chi connectivity index (χ2n) is 5.52. The summed E-state index contributed by atoms with van der Waals surface area (Å²) in [7, 11) is 0. The van der Waals surface area contributed by atoms with E-state index in [1.54, 1.807) is 0 Å². The summed E-state index contributed by atoms with van der Waals surface area (Å²) in [6.07, 6.45) is 17.1. The molecular weight excluding hydrogens is 352 g/mol. The lowest BCUT2D eigenvalue weighted by atomic mass is 10.0. The summed E-state index contributed by atoms with van der Waals surface area (Å²) in [5.41, 5.74) is 0. The average molecular weight is 384 g/mol. The lowest BCUT2D eigenvalue weighted by molar-refractivity contribution is 0.542.